The van der Waals surface area contributed by atoms with Crippen LogP contribution in [-0.2, 0) is 14.4 Å². The summed E-state index contributed by atoms with van der Waals surface area (Å²) >= 11 is 1.58. The molecule has 0 spiro atoms. The van der Waals surface area contributed by atoms with Crippen molar-refractivity contribution < 1.29 is 19.2 Å². The molecular weight excluding hydrogens is 306 g/mol. The number of likely N-dealkylation sites (N-methyl/N-ethyl adjacent to an activating group) is 1. The number of thioether (sulfide) groups is 1. The second-order valence-corrected chi connectivity index (χ2v) is 5.72. The zero-order chi connectivity index (χ0) is 16.1. The molecule has 0 radical (unpaired) electrons. The van der Waals surface area contributed by atoms with Gasteiger partial charge in [0.15, 0.2) is 0 Å². The van der Waals surface area contributed by atoms with Crippen molar-refractivity contribution >= 4 is 35.5 Å². The van der Waals surface area contributed by atoms with E-state index in [0.29, 0.717) is 22.1 Å². The molecule has 0 atom stereocenters. The van der Waals surface area contributed by atoms with Gasteiger partial charge in [0.05, 0.1) is 0 Å². The maximum atomic E-state index is 11.7. The molecule has 1 N–H and O–H groups in total. The Labute approximate surface area is 131 Å². The van der Waals surface area contributed by atoms with Crippen molar-refractivity contribution in [2.75, 3.05) is 25.9 Å². The van der Waals surface area contributed by atoms with Gasteiger partial charge in [0.1, 0.15) is 6.54 Å². The first-order valence-corrected chi connectivity index (χ1v) is 7.57. The van der Waals surface area contributed by atoms with Gasteiger partial charge in [0, 0.05) is 24.2 Å². The molecule has 1 aliphatic heterocycles. The predicted octanol–water partition coefficient (Wildman–Crippen LogP) is 0.315. The Bertz CT molecular complexity index is 605. The summed E-state index contributed by atoms with van der Waals surface area (Å²) < 4.78 is 0. The summed E-state index contributed by atoms with van der Waals surface area (Å²) in [6.07, 6.45) is 0. The molecule has 1 aromatic carbocycles. The number of nitrogens with zero attached hydrogens (tertiary/aromatic N) is 2. The number of urea groups is 1. The van der Waals surface area contributed by atoms with Gasteiger partial charge in [-0.2, -0.15) is 0 Å². The third-order valence-corrected chi connectivity index (χ3v) is 4.00. The largest absolute Gasteiger partial charge is 0.354 e. The van der Waals surface area contributed by atoms with E-state index in [-0.39, 0.29) is 0 Å². The van der Waals surface area contributed by atoms with E-state index in [1.807, 2.05) is 30.3 Å². The first-order chi connectivity index (χ1) is 10.5. The fourth-order valence-electron chi connectivity index (χ4n) is 1.83. The van der Waals surface area contributed by atoms with Crippen LogP contribution >= 0.6 is 11.8 Å². The molecule has 22 heavy (non-hydrogen) atoms. The number of nitrogens with one attached hydrogen (secondary N) is 1. The SMILES string of the molecule is CN1C(=O)C(=O)N(CC(=O)NCCSc2ccccc2)C1=O. The Morgan fingerprint density at radius 2 is 1.82 bits per heavy atom. The summed E-state index contributed by atoms with van der Waals surface area (Å²) in [5, 5.41) is 2.61. The quantitative estimate of drug-likeness (QED) is 0.353. The Hall–Kier alpha value is -2.35. The highest BCUT2D eigenvalue weighted by molar-refractivity contribution is 7.99. The van der Waals surface area contributed by atoms with E-state index < -0.39 is 30.3 Å². The van der Waals surface area contributed by atoms with Crippen LogP contribution in [0.25, 0.3) is 0 Å². The van der Waals surface area contributed by atoms with Crippen LogP contribution in [0.3, 0.4) is 0 Å². The minimum Gasteiger partial charge on any atom is -0.354 e. The maximum absolute atomic E-state index is 11.7. The normalized spacial score (nSPS) is 14.7. The van der Waals surface area contributed by atoms with Crippen LogP contribution < -0.4 is 5.32 Å². The van der Waals surface area contributed by atoms with Crippen LogP contribution in [0.2, 0.25) is 0 Å². The summed E-state index contributed by atoms with van der Waals surface area (Å²) in [6, 6.07) is 8.95. The molecule has 1 aromatic rings. The molecule has 2 rings (SSSR count). The van der Waals surface area contributed by atoms with Gasteiger partial charge >= 0.3 is 17.8 Å². The molecule has 0 bridgehead atoms. The van der Waals surface area contributed by atoms with Crippen molar-refractivity contribution in [1.29, 1.82) is 0 Å². The highest BCUT2D eigenvalue weighted by Gasteiger charge is 2.42. The number of amides is 5. The fraction of sp³-hybridized carbons (Fsp3) is 0.286. The lowest BCUT2D eigenvalue weighted by molar-refractivity contribution is -0.143. The average Bonchev–Trinajstić information content (AvgIpc) is 2.70. The standard InChI is InChI=1S/C14H15N3O4S/c1-16-12(19)13(20)17(14(16)21)9-11(18)15-7-8-22-10-5-3-2-4-6-10/h2-6H,7-9H2,1H3,(H,15,18). The lowest BCUT2D eigenvalue weighted by atomic mass is 10.4. The van der Waals surface area contributed by atoms with Crippen LogP contribution in [0, 0.1) is 0 Å². The van der Waals surface area contributed by atoms with Crippen LogP contribution in [0.5, 0.6) is 0 Å². The van der Waals surface area contributed by atoms with Gasteiger partial charge in [0.25, 0.3) is 0 Å². The van der Waals surface area contributed by atoms with E-state index in [9.17, 15) is 19.2 Å². The average molecular weight is 321 g/mol. The van der Waals surface area contributed by atoms with Gasteiger partial charge in [0.2, 0.25) is 5.91 Å². The monoisotopic (exact) mass is 321 g/mol. The number of carbonyl (C=O) groups excluding carboxylic acids is 4. The van der Waals surface area contributed by atoms with Crippen LogP contribution in [0.4, 0.5) is 4.79 Å². The fourth-order valence-corrected chi connectivity index (χ4v) is 2.62. The highest BCUT2D eigenvalue weighted by Crippen LogP contribution is 2.15. The van der Waals surface area contributed by atoms with Crippen molar-refractivity contribution in [3.63, 3.8) is 0 Å². The summed E-state index contributed by atoms with van der Waals surface area (Å²) in [6.45, 7) is -0.0395. The minimum absolute atomic E-state index is 0.401. The summed E-state index contributed by atoms with van der Waals surface area (Å²) in [5.41, 5.74) is 0. The second-order valence-electron chi connectivity index (χ2n) is 4.55. The number of carbonyl (C=O) groups is 4. The number of hydrogen-bond acceptors (Lipinski definition) is 5. The second kappa shape index (κ2) is 7.08. The van der Waals surface area contributed by atoms with Crippen molar-refractivity contribution in [3.8, 4) is 0 Å². The molecule has 1 aliphatic rings. The third kappa shape index (κ3) is 3.64. The van der Waals surface area contributed by atoms with Crippen molar-refractivity contribution in [3.05, 3.63) is 30.3 Å². The van der Waals surface area contributed by atoms with E-state index >= 15 is 0 Å². The Balaban J connectivity index is 1.73. The van der Waals surface area contributed by atoms with Crippen molar-refractivity contribution in [2.24, 2.45) is 0 Å². The van der Waals surface area contributed by atoms with Crippen LogP contribution in [0.1, 0.15) is 0 Å². The first kappa shape index (κ1) is 16.0. The maximum Gasteiger partial charge on any atom is 0.334 e. The molecule has 0 unspecified atom stereocenters. The molecule has 0 aliphatic carbocycles. The lowest BCUT2D eigenvalue weighted by Gasteiger charge is -2.12. The van der Waals surface area contributed by atoms with Gasteiger partial charge in [-0.25, -0.2) is 9.69 Å². The zero-order valence-electron chi connectivity index (χ0n) is 11.9. The minimum atomic E-state index is -0.971. The van der Waals surface area contributed by atoms with Crippen LogP contribution in [0.15, 0.2) is 35.2 Å². The van der Waals surface area contributed by atoms with E-state index in [2.05, 4.69) is 5.32 Å². The van der Waals surface area contributed by atoms with E-state index in [1.165, 1.54) is 7.05 Å². The number of rotatable bonds is 6. The van der Waals surface area contributed by atoms with Gasteiger partial charge in [-0.15, -0.1) is 11.8 Å². The smallest absolute Gasteiger partial charge is 0.334 e. The zero-order valence-corrected chi connectivity index (χ0v) is 12.8. The highest BCUT2D eigenvalue weighted by atomic mass is 32.2. The number of hydrogen-bond donors (Lipinski definition) is 1. The van der Waals surface area contributed by atoms with Crippen molar-refractivity contribution in [2.45, 2.75) is 4.90 Å². The third-order valence-electron chi connectivity index (χ3n) is 2.99. The molecule has 116 valence electrons. The molecule has 1 fully saturated rings. The summed E-state index contributed by atoms with van der Waals surface area (Å²) in [5.74, 6) is -1.70. The van der Waals surface area contributed by atoms with Crippen molar-refractivity contribution in [1.82, 2.24) is 15.1 Å². The molecule has 0 saturated carbocycles. The first-order valence-electron chi connectivity index (χ1n) is 6.58. The molecule has 1 heterocycles. The van der Waals surface area contributed by atoms with Gasteiger partial charge in [-0.05, 0) is 12.1 Å². The van der Waals surface area contributed by atoms with Gasteiger partial charge < -0.3 is 5.32 Å². The molecule has 5 amide bonds. The summed E-state index contributed by atoms with van der Waals surface area (Å²) in [4.78, 5) is 48.6. The molecule has 8 heteroatoms. The lowest BCUT2D eigenvalue weighted by Crippen LogP contribution is -2.41. The van der Waals surface area contributed by atoms with Gasteiger partial charge in [-0.1, -0.05) is 18.2 Å². The predicted molar refractivity (Wildman–Crippen MR) is 80.1 cm³/mol. The van der Waals surface area contributed by atoms with E-state index in [4.69, 9.17) is 0 Å². The van der Waals surface area contributed by atoms with E-state index in [0.717, 1.165) is 4.90 Å². The van der Waals surface area contributed by atoms with Crippen LogP contribution in [-0.4, -0.2) is 59.4 Å². The van der Waals surface area contributed by atoms with E-state index in [1.54, 1.807) is 11.8 Å². The molecular formula is C14H15N3O4S. The Morgan fingerprint density at radius 3 is 2.41 bits per heavy atom. The Kier molecular flexibility index (Phi) is 5.16. The molecule has 1 saturated heterocycles. The Morgan fingerprint density at radius 1 is 1.14 bits per heavy atom. The number of benzene rings is 1. The summed E-state index contributed by atoms with van der Waals surface area (Å²) in [7, 11) is 1.21. The van der Waals surface area contributed by atoms with Gasteiger partial charge in [-0.3, -0.25) is 19.3 Å². The topological polar surface area (TPSA) is 86.8 Å². The molecule has 0 aromatic heterocycles. The molecule has 7 nitrogen and oxygen atoms in total. The number of imide groups is 2.